The fourth-order valence-corrected chi connectivity index (χ4v) is 8.86. The molecule has 0 saturated carbocycles. The lowest BCUT2D eigenvalue weighted by Gasteiger charge is -2.28. The van der Waals surface area contributed by atoms with Gasteiger partial charge in [-0.05, 0) is 98.4 Å². The molecule has 2 heteroatoms. The first-order valence-corrected chi connectivity index (χ1v) is 20.6. The van der Waals surface area contributed by atoms with Crippen molar-refractivity contribution in [2.24, 2.45) is 0 Å². The van der Waals surface area contributed by atoms with Crippen LogP contribution in [0.1, 0.15) is 0 Å². The first-order chi connectivity index (χ1) is 29.8. The van der Waals surface area contributed by atoms with Gasteiger partial charge in [-0.2, -0.15) is 0 Å². The van der Waals surface area contributed by atoms with E-state index in [1.165, 1.54) is 71.6 Å². The Hall–Kier alpha value is -7.94. The minimum atomic E-state index is 1.09. The molecule has 1 heterocycles. The van der Waals surface area contributed by atoms with Gasteiger partial charge in [0.1, 0.15) is 0 Å². The average Bonchev–Trinajstić information content (AvgIpc) is 3.68. The van der Waals surface area contributed by atoms with Crippen LogP contribution < -0.4 is 4.90 Å². The summed E-state index contributed by atoms with van der Waals surface area (Å²) < 4.78 is 2.49. The zero-order chi connectivity index (χ0) is 39.8. The topological polar surface area (TPSA) is 8.17 Å². The van der Waals surface area contributed by atoms with Crippen molar-refractivity contribution in [1.82, 2.24) is 4.57 Å². The molecule has 0 spiro atoms. The zero-order valence-electron chi connectivity index (χ0n) is 33.0. The fraction of sp³-hybridized carbons (Fsp3) is 0. The van der Waals surface area contributed by atoms with Crippen LogP contribution >= 0.6 is 0 Å². The largest absolute Gasteiger partial charge is 0.310 e. The van der Waals surface area contributed by atoms with Crippen LogP contribution in [0, 0.1) is 0 Å². The summed E-state index contributed by atoms with van der Waals surface area (Å²) in [5.74, 6) is 0. The quantitative estimate of drug-likeness (QED) is 0.150. The van der Waals surface area contributed by atoms with E-state index in [1.54, 1.807) is 0 Å². The summed E-state index contributed by atoms with van der Waals surface area (Å²) in [4.78, 5) is 2.46. The molecule has 0 amide bonds. The molecule has 0 aliphatic rings. The molecule has 0 unspecified atom stereocenters. The van der Waals surface area contributed by atoms with Crippen LogP contribution in [-0.2, 0) is 0 Å². The summed E-state index contributed by atoms with van der Waals surface area (Å²) in [5.41, 5.74) is 16.3. The molecule has 0 aliphatic carbocycles. The van der Waals surface area contributed by atoms with Gasteiger partial charge >= 0.3 is 0 Å². The Labute approximate surface area is 350 Å². The molecule has 0 radical (unpaired) electrons. The molecule has 10 aromatic carbocycles. The molecule has 0 aliphatic heterocycles. The zero-order valence-corrected chi connectivity index (χ0v) is 33.0. The first-order valence-electron chi connectivity index (χ1n) is 20.6. The van der Waals surface area contributed by atoms with E-state index in [9.17, 15) is 0 Å². The molecule has 60 heavy (non-hydrogen) atoms. The number of nitrogens with zero attached hydrogens (tertiary/aromatic N) is 2. The highest BCUT2D eigenvalue weighted by molar-refractivity contribution is 6.25. The van der Waals surface area contributed by atoms with Gasteiger partial charge in [-0.1, -0.05) is 194 Å². The Morgan fingerprint density at radius 1 is 0.300 bits per heavy atom. The number of rotatable bonds is 8. The Morgan fingerprint density at radius 3 is 1.37 bits per heavy atom. The van der Waals surface area contributed by atoms with E-state index in [0.29, 0.717) is 0 Å². The van der Waals surface area contributed by atoms with Crippen LogP contribution in [0.25, 0.3) is 82.8 Å². The van der Waals surface area contributed by atoms with Crippen LogP contribution in [0.15, 0.2) is 243 Å². The van der Waals surface area contributed by atoms with Gasteiger partial charge in [0.2, 0.25) is 0 Å². The third-order valence-corrected chi connectivity index (χ3v) is 11.8. The molecule has 2 nitrogen and oxygen atoms in total. The highest BCUT2D eigenvalue weighted by Crippen LogP contribution is 2.48. The fourth-order valence-electron chi connectivity index (χ4n) is 8.86. The lowest BCUT2D eigenvalue weighted by atomic mass is 9.99. The van der Waals surface area contributed by atoms with Crippen molar-refractivity contribution in [2.45, 2.75) is 0 Å². The number of hydrogen-bond acceptors (Lipinski definition) is 1. The lowest BCUT2D eigenvalue weighted by Crippen LogP contribution is -2.11. The smallest absolute Gasteiger partial charge is 0.0640 e. The van der Waals surface area contributed by atoms with Crippen LogP contribution in [0.4, 0.5) is 17.1 Å². The van der Waals surface area contributed by atoms with Crippen LogP contribution in [0.3, 0.4) is 0 Å². The molecule has 11 aromatic rings. The molecule has 282 valence electrons. The standard InChI is InChI=1S/C58H40N2/c1-5-16-41(17-6-1)45-28-33-50(34-29-45)59(52-26-15-25-47(38-52)43-20-9-3-10-21-43)56-40-49-24-13-14-27-53(49)58-57(56)54-37-32-48(44-22-11-4-12-23-44)39-55(54)60(58)51-35-30-46(31-36-51)42-18-7-2-8-19-42/h1-40H. The second-order valence-electron chi connectivity index (χ2n) is 15.4. The van der Waals surface area contributed by atoms with Crippen molar-refractivity contribution in [3.05, 3.63) is 243 Å². The summed E-state index contributed by atoms with van der Waals surface area (Å²) in [7, 11) is 0. The van der Waals surface area contributed by atoms with Crippen LogP contribution in [-0.4, -0.2) is 4.57 Å². The van der Waals surface area contributed by atoms with Crippen LogP contribution in [0.2, 0.25) is 0 Å². The Kier molecular flexibility index (Phi) is 8.87. The van der Waals surface area contributed by atoms with Crippen molar-refractivity contribution in [2.75, 3.05) is 4.90 Å². The molecule has 0 bridgehead atoms. The van der Waals surface area contributed by atoms with Crippen molar-refractivity contribution in [3.63, 3.8) is 0 Å². The predicted molar refractivity (Wildman–Crippen MR) is 255 cm³/mol. The molecule has 0 atom stereocenters. The molecule has 11 rings (SSSR count). The molecule has 1 aromatic heterocycles. The van der Waals surface area contributed by atoms with Crippen molar-refractivity contribution in [3.8, 4) is 50.2 Å². The minimum absolute atomic E-state index is 1.09. The minimum Gasteiger partial charge on any atom is -0.310 e. The third kappa shape index (κ3) is 6.32. The molecular formula is C58H40N2. The summed E-state index contributed by atoms with van der Waals surface area (Å²) in [5, 5.41) is 4.78. The Morgan fingerprint density at radius 2 is 0.767 bits per heavy atom. The number of hydrogen-bond donors (Lipinski definition) is 0. The van der Waals surface area contributed by atoms with Gasteiger partial charge in [0, 0.05) is 33.2 Å². The highest BCUT2D eigenvalue weighted by Gasteiger charge is 2.24. The SMILES string of the molecule is c1ccc(-c2ccc(N(c3cccc(-c4ccccc4)c3)c3cc4ccccc4c4c3c3ccc(-c5ccccc5)cc3n4-c3ccc(-c4ccccc4)cc3)cc2)cc1. The molecule has 0 saturated heterocycles. The van der Waals surface area contributed by atoms with Gasteiger partial charge < -0.3 is 9.47 Å². The number of anilines is 3. The molecule has 0 N–H and O–H groups in total. The summed E-state index contributed by atoms with van der Waals surface area (Å²) in [6.07, 6.45) is 0. The maximum Gasteiger partial charge on any atom is 0.0640 e. The van der Waals surface area contributed by atoms with Gasteiger partial charge in [0.25, 0.3) is 0 Å². The monoisotopic (exact) mass is 764 g/mol. The predicted octanol–water partition coefficient (Wildman–Crippen LogP) is 16.1. The van der Waals surface area contributed by atoms with E-state index < -0.39 is 0 Å². The van der Waals surface area contributed by atoms with Gasteiger partial charge in [-0.3, -0.25) is 0 Å². The number of fused-ring (bicyclic) bond motifs is 5. The second-order valence-corrected chi connectivity index (χ2v) is 15.4. The average molecular weight is 765 g/mol. The van der Waals surface area contributed by atoms with Crippen LogP contribution in [0.5, 0.6) is 0 Å². The molecular weight excluding hydrogens is 725 g/mol. The van der Waals surface area contributed by atoms with Crippen molar-refractivity contribution >= 4 is 49.6 Å². The van der Waals surface area contributed by atoms with Gasteiger partial charge in [-0.15, -0.1) is 0 Å². The summed E-state index contributed by atoms with van der Waals surface area (Å²) in [6, 6.07) is 88.0. The van der Waals surface area contributed by atoms with E-state index >= 15 is 0 Å². The van der Waals surface area contributed by atoms with Gasteiger partial charge in [0.05, 0.1) is 16.7 Å². The van der Waals surface area contributed by atoms with E-state index in [4.69, 9.17) is 0 Å². The van der Waals surface area contributed by atoms with Crippen molar-refractivity contribution in [1.29, 1.82) is 0 Å². The van der Waals surface area contributed by atoms with Gasteiger partial charge in [-0.25, -0.2) is 0 Å². The summed E-state index contributed by atoms with van der Waals surface area (Å²) in [6.45, 7) is 0. The van der Waals surface area contributed by atoms with Gasteiger partial charge in [0.15, 0.2) is 0 Å². The number of benzene rings is 10. The van der Waals surface area contributed by atoms with E-state index in [2.05, 4.69) is 252 Å². The van der Waals surface area contributed by atoms with E-state index in [1.807, 2.05) is 0 Å². The molecule has 0 fully saturated rings. The second kappa shape index (κ2) is 15.1. The lowest BCUT2D eigenvalue weighted by molar-refractivity contribution is 1.19. The maximum atomic E-state index is 2.49. The normalized spacial score (nSPS) is 11.3. The van der Waals surface area contributed by atoms with E-state index in [0.717, 1.165) is 28.3 Å². The Bertz CT molecular complexity index is 3260. The first kappa shape index (κ1) is 35.2. The number of aromatic nitrogens is 1. The highest BCUT2D eigenvalue weighted by atomic mass is 15.1. The van der Waals surface area contributed by atoms with Crippen molar-refractivity contribution < 1.29 is 0 Å². The summed E-state index contributed by atoms with van der Waals surface area (Å²) >= 11 is 0. The maximum absolute atomic E-state index is 2.49. The van der Waals surface area contributed by atoms with E-state index in [-0.39, 0.29) is 0 Å². The Balaban J connectivity index is 1.22. The third-order valence-electron chi connectivity index (χ3n) is 11.8.